The quantitative estimate of drug-likeness (QED) is 0.792. The Morgan fingerprint density at radius 2 is 2.00 bits per heavy atom. The summed E-state index contributed by atoms with van der Waals surface area (Å²) in [6.07, 6.45) is 2.24. The Kier molecular flexibility index (Phi) is 6.08. The van der Waals surface area contributed by atoms with Gasteiger partial charge in [-0.3, -0.25) is 4.90 Å². The van der Waals surface area contributed by atoms with E-state index in [1.807, 2.05) is 6.07 Å². The van der Waals surface area contributed by atoms with Gasteiger partial charge in [0, 0.05) is 32.7 Å². The molecule has 0 aromatic heterocycles. The van der Waals surface area contributed by atoms with Crippen LogP contribution in [-0.4, -0.2) is 50.8 Å². The van der Waals surface area contributed by atoms with Crippen molar-refractivity contribution in [1.82, 2.24) is 10.2 Å². The van der Waals surface area contributed by atoms with E-state index in [9.17, 15) is 0 Å². The lowest BCUT2D eigenvalue weighted by atomic mass is 10.1. The van der Waals surface area contributed by atoms with Crippen LogP contribution in [0.3, 0.4) is 0 Å². The molecule has 3 nitrogen and oxygen atoms in total. The Bertz CT molecular complexity index is 383. The lowest BCUT2D eigenvalue weighted by Crippen LogP contribution is -2.40. The molecule has 0 bridgehead atoms. The highest BCUT2D eigenvalue weighted by molar-refractivity contribution is 5.52. The third-order valence-electron chi connectivity index (χ3n) is 3.32. The Morgan fingerprint density at radius 3 is 2.74 bits per heavy atom. The molecular formula is C16H24N2O. The van der Waals surface area contributed by atoms with Gasteiger partial charge in [0.1, 0.15) is 0 Å². The molecule has 0 amide bonds. The highest BCUT2D eigenvalue weighted by atomic mass is 16.5. The van der Waals surface area contributed by atoms with Gasteiger partial charge >= 0.3 is 0 Å². The summed E-state index contributed by atoms with van der Waals surface area (Å²) < 4.78 is 5.34. The Labute approximate surface area is 116 Å². The lowest BCUT2D eigenvalue weighted by Gasteiger charge is -2.26. The Balaban J connectivity index is 1.63. The molecular weight excluding hydrogens is 236 g/mol. The molecule has 1 aliphatic rings. The van der Waals surface area contributed by atoms with E-state index in [0.29, 0.717) is 0 Å². The van der Waals surface area contributed by atoms with E-state index in [0.717, 1.165) is 45.9 Å². The largest absolute Gasteiger partial charge is 0.379 e. The van der Waals surface area contributed by atoms with Gasteiger partial charge in [-0.25, -0.2) is 0 Å². The fraction of sp³-hybridized carbons (Fsp3) is 0.500. The zero-order valence-electron chi connectivity index (χ0n) is 11.8. The van der Waals surface area contributed by atoms with Crippen LogP contribution < -0.4 is 5.32 Å². The van der Waals surface area contributed by atoms with E-state index < -0.39 is 0 Å². The van der Waals surface area contributed by atoms with Crippen LogP contribution in [0.1, 0.15) is 12.5 Å². The van der Waals surface area contributed by atoms with Gasteiger partial charge in [-0.15, -0.1) is 0 Å². The van der Waals surface area contributed by atoms with Gasteiger partial charge in [0.2, 0.25) is 0 Å². The van der Waals surface area contributed by atoms with Gasteiger partial charge in [-0.05, 0) is 12.5 Å². The number of benzene rings is 1. The molecule has 1 aromatic rings. The maximum atomic E-state index is 5.34. The summed E-state index contributed by atoms with van der Waals surface area (Å²) in [5, 5.41) is 3.50. The van der Waals surface area contributed by atoms with Crippen LogP contribution in [-0.2, 0) is 4.74 Å². The molecule has 0 unspecified atom stereocenters. The van der Waals surface area contributed by atoms with Crippen molar-refractivity contribution in [2.75, 3.05) is 45.9 Å². The molecule has 19 heavy (non-hydrogen) atoms. The fourth-order valence-corrected chi connectivity index (χ4v) is 2.23. The highest BCUT2D eigenvalue weighted by Crippen LogP contribution is 2.05. The number of morpholine rings is 1. The van der Waals surface area contributed by atoms with E-state index in [1.54, 1.807) is 0 Å². The van der Waals surface area contributed by atoms with Crippen LogP contribution in [0.15, 0.2) is 35.9 Å². The van der Waals surface area contributed by atoms with Crippen molar-refractivity contribution in [3.05, 3.63) is 41.5 Å². The number of nitrogens with one attached hydrogen (secondary N) is 1. The van der Waals surface area contributed by atoms with Gasteiger partial charge in [-0.1, -0.05) is 42.0 Å². The van der Waals surface area contributed by atoms with E-state index in [-0.39, 0.29) is 0 Å². The number of nitrogens with zero attached hydrogens (tertiary/aromatic N) is 1. The Morgan fingerprint density at radius 1 is 1.26 bits per heavy atom. The summed E-state index contributed by atoms with van der Waals surface area (Å²) in [6.45, 7) is 9.19. The van der Waals surface area contributed by atoms with Gasteiger partial charge in [-0.2, -0.15) is 0 Å². The van der Waals surface area contributed by atoms with E-state index in [2.05, 4.69) is 47.5 Å². The van der Waals surface area contributed by atoms with Gasteiger partial charge in [0.05, 0.1) is 13.2 Å². The average molecular weight is 260 g/mol. The zero-order chi connectivity index (χ0) is 13.3. The summed E-state index contributed by atoms with van der Waals surface area (Å²) in [6, 6.07) is 10.5. The average Bonchev–Trinajstić information content (AvgIpc) is 2.46. The minimum atomic E-state index is 0.882. The van der Waals surface area contributed by atoms with Gasteiger partial charge in [0.15, 0.2) is 0 Å². The minimum Gasteiger partial charge on any atom is -0.379 e. The van der Waals surface area contributed by atoms with Crippen molar-refractivity contribution in [1.29, 1.82) is 0 Å². The predicted octanol–water partition coefficient (Wildman–Crippen LogP) is 2.01. The third kappa shape index (κ3) is 5.55. The molecule has 1 aromatic carbocycles. The topological polar surface area (TPSA) is 24.5 Å². The van der Waals surface area contributed by atoms with Crippen LogP contribution in [0.25, 0.3) is 6.08 Å². The normalized spacial score (nSPS) is 17.6. The first-order valence-electron chi connectivity index (χ1n) is 7.07. The van der Waals surface area contributed by atoms with Gasteiger partial charge < -0.3 is 10.1 Å². The predicted molar refractivity (Wildman–Crippen MR) is 80.2 cm³/mol. The minimum absolute atomic E-state index is 0.882. The van der Waals surface area contributed by atoms with Crippen molar-refractivity contribution in [2.24, 2.45) is 0 Å². The number of rotatable bonds is 6. The number of ether oxygens (including phenoxy) is 1. The molecule has 1 N–H and O–H groups in total. The molecule has 0 radical (unpaired) electrons. The summed E-state index contributed by atoms with van der Waals surface area (Å²) in [4.78, 5) is 2.45. The SMILES string of the molecule is C/C(=C\c1ccccc1)CNCCN1CCOCC1. The maximum absolute atomic E-state index is 5.34. The smallest absolute Gasteiger partial charge is 0.0594 e. The maximum Gasteiger partial charge on any atom is 0.0594 e. The standard InChI is InChI=1S/C16H24N2O/c1-15(13-16-5-3-2-4-6-16)14-17-7-8-18-9-11-19-12-10-18/h2-6,13,17H,7-12,14H2,1H3/b15-13+. The molecule has 104 valence electrons. The van der Waals surface area contributed by atoms with E-state index >= 15 is 0 Å². The van der Waals surface area contributed by atoms with Crippen molar-refractivity contribution in [3.8, 4) is 0 Å². The first kappa shape index (κ1) is 14.3. The monoisotopic (exact) mass is 260 g/mol. The molecule has 0 spiro atoms. The van der Waals surface area contributed by atoms with E-state index in [4.69, 9.17) is 4.74 Å². The van der Waals surface area contributed by atoms with Crippen molar-refractivity contribution in [2.45, 2.75) is 6.92 Å². The summed E-state index contributed by atoms with van der Waals surface area (Å²) in [5.41, 5.74) is 2.64. The van der Waals surface area contributed by atoms with Crippen LogP contribution in [0.5, 0.6) is 0 Å². The molecule has 1 saturated heterocycles. The summed E-state index contributed by atoms with van der Waals surface area (Å²) in [5.74, 6) is 0. The number of hydrogen-bond donors (Lipinski definition) is 1. The molecule has 0 saturated carbocycles. The van der Waals surface area contributed by atoms with Crippen LogP contribution in [0.2, 0.25) is 0 Å². The second kappa shape index (κ2) is 8.10. The highest BCUT2D eigenvalue weighted by Gasteiger charge is 2.08. The van der Waals surface area contributed by atoms with Crippen molar-refractivity contribution < 1.29 is 4.74 Å². The molecule has 3 heteroatoms. The third-order valence-corrected chi connectivity index (χ3v) is 3.32. The molecule has 1 fully saturated rings. The second-order valence-corrected chi connectivity index (χ2v) is 5.03. The van der Waals surface area contributed by atoms with Crippen molar-refractivity contribution in [3.63, 3.8) is 0 Å². The summed E-state index contributed by atoms with van der Waals surface area (Å²) >= 11 is 0. The first-order chi connectivity index (χ1) is 9.34. The van der Waals surface area contributed by atoms with Crippen LogP contribution in [0.4, 0.5) is 0 Å². The molecule has 1 heterocycles. The molecule has 2 rings (SSSR count). The second-order valence-electron chi connectivity index (χ2n) is 5.03. The van der Waals surface area contributed by atoms with E-state index in [1.165, 1.54) is 11.1 Å². The molecule has 0 atom stereocenters. The number of hydrogen-bond acceptors (Lipinski definition) is 3. The van der Waals surface area contributed by atoms with Gasteiger partial charge in [0.25, 0.3) is 0 Å². The molecule has 0 aliphatic carbocycles. The lowest BCUT2D eigenvalue weighted by molar-refractivity contribution is 0.0385. The van der Waals surface area contributed by atoms with Crippen LogP contribution in [0, 0.1) is 0 Å². The Hall–Kier alpha value is -1.16. The first-order valence-corrected chi connectivity index (χ1v) is 7.07. The molecule has 1 aliphatic heterocycles. The fourth-order valence-electron chi connectivity index (χ4n) is 2.23. The van der Waals surface area contributed by atoms with Crippen molar-refractivity contribution >= 4 is 6.08 Å². The summed E-state index contributed by atoms with van der Waals surface area (Å²) in [7, 11) is 0. The van der Waals surface area contributed by atoms with Crippen LogP contribution >= 0.6 is 0 Å². The zero-order valence-corrected chi connectivity index (χ0v) is 11.8.